The molecule has 0 bridgehead atoms. The van der Waals surface area contributed by atoms with E-state index in [0.29, 0.717) is 62.0 Å². The van der Waals surface area contributed by atoms with Crippen molar-refractivity contribution in [3.8, 4) is 17.3 Å². The molecule has 0 radical (unpaired) electrons. The number of piperazine rings is 1. The summed E-state index contributed by atoms with van der Waals surface area (Å²) in [5.74, 6) is -2.32. The summed E-state index contributed by atoms with van der Waals surface area (Å²) in [5, 5.41) is 4.29. The van der Waals surface area contributed by atoms with Gasteiger partial charge in [-0.15, -0.1) is 0 Å². The van der Waals surface area contributed by atoms with Gasteiger partial charge < -0.3 is 19.7 Å². The molecule has 8 nitrogen and oxygen atoms in total. The first-order valence-corrected chi connectivity index (χ1v) is 15.6. The molecule has 4 aliphatic rings. The third-order valence-corrected chi connectivity index (χ3v) is 8.91. The largest absolute Gasteiger partial charge is 0.467 e. The predicted octanol–water partition coefficient (Wildman–Crippen LogP) is 5.67. The van der Waals surface area contributed by atoms with E-state index in [-0.39, 0.29) is 33.7 Å². The van der Waals surface area contributed by atoms with E-state index in [0.717, 1.165) is 19.0 Å². The fraction of sp³-hybridized carbons (Fsp3) is 0.485. The molecule has 4 aromatic rings. The summed E-state index contributed by atoms with van der Waals surface area (Å²) in [5.41, 5.74) is -0.156. The number of methoxy groups -OCH3 is 1. The number of alkyl halides is 1. The van der Waals surface area contributed by atoms with Crippen molar-refractivity contribution >= 4 is 27.5 Å². The SMILES string of the molecule is CC.COc1nc(N2CCNC3(COC3)C2)c2cnc(-c3cccc4ccc(F)c(F)c34)c(F)c2n1.FC1CC2CCCN2C1. The highest BCUT2D eigenvalue weighted by Gasteiger charge is 2.43. The van der Waals surface area contributed by atoms with Gasteiger partial charge in [0.25, 0.3) is 0 Å². The predicted molar refractivity (Wildman–Crippen MR) is 166 cm³/mol. The van der Waals surface area contributed by atoms with Gasteiger partial charge >= 0.3 is 6.01 Å². The average Bonchev–Trinajstić information content (AvgIpc) is 3.64. The third kappa shape index (κ3) is 5.91. The van der Waals surface area contributed by atoms with Gasteiger partial charge in [-0.1, -0.05) is 38.1 Å². The Hall–Kier alpha value is -3.61. The van der Waals surface area contributed by atoms with Crippen molar-refractivity contribution in [3.63, 3.8) is 0 Å². The van der Waals surface area contributed by atoms with E-state index in [9.17, 15) is 13.2 Å². The smallest absolute Gasteiger partial charge is 0.318 e. The standard InChI is InChI=1S/C24H20F3N5O2.C7H12FN.C2H6/c1-33-23-30-21-15(22(31-23)32-8-7-29-24(10-32)11-34-12-24)9-28-20(19(21)27)14-4-2-3-13-5-6-16(25)18(26)17(13)14;8-6-4-7-2-1-3-9(7)5-6;1-2/h2-6,9,29H,7-8,10-12H2,1H3;6-7H,1-5H2;1-2H3. The highest BCUT2D eigenvalue weighted by atomic mass is 19.2. The number of anilines is 1. The molecule has 45 heavy (non-hydrogen) atoms. The number of ether oxygens (including phenoxy) is 2. The van der Waals surface area contributed by atoms with Crippen LogP contribution in [0.2, 0.25) is 0 Å². The van der Waals surface area contributed by atoms with E-state index < -0.39 is 23.6 Å². The minimum atomic E-state index is -1.05. The normalized spacial score (nSPS) is 22.0. The summed E-state index contributed by atoms with van der Waals surface area (Å²) in [4.78, 5) is 17.4. The lowest BCUT2D eigenvalue weighted by Gasteiger charge is -2.49. The van der Waals surface area contributed by atoms with E-state index in [1.165, 1.54) is 38.3 Å². The van der Waals surface area contributed by atoms with Gasteiger partial charge in [0.1, 0.15) is 23.2 Å². The van der Waals surface area contributed by atoms with E-state index >= 15 is 4.39 Å². The Labute approximate surface area is 259 Å². The number of rotatable bonds is 3. The maximum Gasteiger partial charge on any atom is 0.318 e. The van der Waals surface area contributed by atoms with Gasteiger partial charge in [-0.25, -0.2) is 17.6 Å². The molecule has 12 heteroatoms. The summed E-state index contributed by atoms with van der Waals surface area (Å²) < 4.78 is 67.9. The number of aromatic nitrogens is 3. The summed E-state index contributed by atoms with van der Waals surface area (Å²) in [7, 11) is 1.41. The van der Waals surface area contributed by atoms with Crippen molar-refractivity contribution in [2.45, 2.75) is 50.9 Å². The Kier molecular flexibility index (Phi) is 9.07. The molecule has 0 saturated carbocycles. The number of nitrogens with zero attached hydrogens (tertiary/aromatic N) is 5. The molecule has 0 aliphatic carbocycles. The second-order valence-electron chi connectivity index (χ2n) is 11.7. The zero-order valence-electron chi connectivity index (χ0n) is 25.8. The van der Waals surface area contributed by atoms with Crippen LogP contribution in [0, 0.1) is 17.5 Å². The van der Waals surface area contributed by atoms with Crippen LogP contribution in [0.3, 0.4) is 0 Å². The van der Waals surface area contributed by atoms with Crippen LogP contribution >= 0.6 is 0 Å². The Morgan fingerprint density at radius 3 is 2.60 bits per heavy atom. The van der Waals surface area contributed by atoms with Gasteiger partial charge in [0.15, 0.2) is 17.5 Å². The highest BCUT2D eigenvalue weighted by molar-refractivity contribution is 5.99. The van der Waals surface area contributed by atoms with E-state index in [1.807, 2.05) is 18.7 Å². The fourth-order valence-corrected chi connectivity index (χ4v) is 6.75. The molecular formula is C33H38F4N6O2. The lowest BCUT2D eigenvalue weighted by Crippen LogP contribution is -2.70. The number of halogens is 4. The minimum Gasteiger partial charge on any atom is -0.467 e. The molecule has 4 aliphatic heterocycles. The number of hydrogen-bond donors (Lipinski definition) is 1. The highest BCUT2D eigenvalue weighted by Crippen LogP contribution is 2.37. The maximum absolute atomic E-state index is 15.9. The quantitative estimate of drug-likeness (QED) is 0.292. The number of benzene rings is 2. The molecule has 2 unspecified atom stereocenters. The summed E-state index contributed by atoms with van der Waals surface area (Å²) in [6.45, 7) is 9.02. The Bertz CT molecular complexity index is 1670. The topological polar surface area (TPSA) is 75.6 Å². The average molecular weight is 627 g/mol. The second kappa shape index (κ2) is 13.0. The molecule has 2 aromatic carbocycles. The van der Waals surface area contributed by atoms with Gasteiger partial charge in [-0.05, 0) is 37.3 Å². The van der Waals surface area contributed by atoms with Crippen LogP contribution in [0.5, 0.6) is 6.01 Å². The van der Waals surface area contributed by atoms with Gasteiger partial charge in [0.2, 0.25) is 0 Å². The zero-order chi connectivity index (χ0) is 31.7. The number of hydrogen-bond acceptors (Lipinski definition) is 8. The first kappa shape index (κ1) is 31.4. The Balaban J connectivity index is 0.000000275. The van der Waals surface area contributed by atoms with Crippen molar-refractivity contribution in [2.24, 2.45) is 0 Å². The lowest BCUT2D eigenvalue weighted by molar-refractivity contribution is -0.0743. The molecule has 240 valence electrons. The Morgan fingerprint density at radius 2 is 1.87 bits per heavy atom. The molecule has 2 aromatic heterocycles. The van der Waals surface area contributed by atoms with Crippen molar-refractivity contribution in [2.75, 3.05) is 57.9 Å². The number of fused-ring (bicyclic) bond motifs is 3. The van der Waals surface area contributed by atoms with Crippen molar-refractivity contribution in [1.82, 2.24) is 25.2 Å². The summed E-state index contributed by atoms with van der Waals surface area (Å²) in [6.07, 6.45) is 4.29. The summed E-state index contributed by atoms with van der Waals surface area (Å²) >= 11 is 0. The van der Waals surface area contributed by atoms with Gasteiger partial charge in [-0.2, -0.15) is 9.97 Å². The van der Waals surface area contributed by atoms with Crippen LogP contribution in [0.15, 0.2) is 36.5 Å². The maximum atomic E-state index is 15.9. The van der Waals surface area contributed by atoms with Crippen LogP contribution in [0.25, 0.3) is 32.9 Å². The van der Waals surface area contributed by atoms with Crippen LogP contribution < -0.4 is 15.0 Å². The molecular weight excluding hydrogens is 588 g/mol. The van der Waals surface area contributed by atoms with Crippen LogP contribution in [-0.4, -0.2) is 90.7 Å². The molecule has 6 heterocycles. The fourth-order valence-electron chi connectivity index (χ4n) is 6.75. The lowest BCUT2D eigenvalue weighted by atomic mass is 9.94. The molecule has 2 atom stereocenters. The van der Waals surface area contributed by atoms with Crippen LogP contribution in [0.1, 0.15) is 33.1 Å². The molecule has 4 saturated heterocycles. The van der Waals surface area contributed by atoms with E-state index in [4.69, 9.17) is 9.47 Å². The molecule has 8 rings (SSSR count). The Morgan fingerprint density at radius 1 is 1.04 bits per heavy atom. The van der Waals surface area contributed by atoms with Gasteiger partial charge in [0, 0.05) is 49.4 Å². The molecule has 0 amide bonds. The first-order valence-electron chi connectivity index (χ1n) is 15.6. The third-order valence-electron chi connectivity index (χ3n) is 8.91. The molecule has 1 spiro atoms. The zero-order valence-corrected chi connectivity index (χ0v) is 25.8. The van der Waals surface area contributed by atoms with Crippen molar-refractivity contribution in [1.29, 1.82) is 0 Å². The van der Waals surface area contributed by atoms with Crippen molar-refractivity contribution < 1.29 is 27.0 Å². The second-order valence-corrected chi connectivity index (χ2v) is 11.7. The van der Waals surface area contributed by atoms with Crippen LogP contribution in [0.4, 0.5) is 23.4 Å². The van der Waals surface area contributed by atoms with Gasteiger partial charge in [-0.3, -0.25) is 9.88 Å². The molecule has 4 fully saturated rings. The minimum absolute atomic E-state index is 0.00175. The monoisotopic (exact) mass is 626 g/mol. The van der Waals surface area contributed by atoms with E-state index in [2.05, 4.69) is 25.2 Å². The number of pyridine rings is 1. The summed E-state index contributed by atoms with van der Waals surface area (Å²) in [6, 6.07) is 7.90. The van der Waals surface area contributed by atoms with Crippen LogP contribution in [-0.2, 0) is 4.74 Å². The first-order chi connectivity index (χ1) is 21.9. The number of nitrogens with one attached hydrogen (secondary N) is 1. The van der Waals surface area contributed by atoms with Crippen molar-refractivity contribution in [3.05, 3.63) is 54.0 Å². The van der Waals surface area contributed by atoms with E-state index in [1.54, 1.807) is 12.1 Å². The molecule has 1 N–H and O–H groups in total. The van der Waals surface area contributed by atoms with Gasteiger partial charge in [0.05, 0.1) is 31.2 Å².